The maximum Gasteiger partial charge on any atom is 0.220 e. The largest absolute Gasteiger partial charge is 0.479 e. The normalized spacial score (nSPS) is 11.6. The maximum absolute atomic E-state index is 7.28. The molecule has 0 heterocycles. The smallest absolute Gasteiger partial charge is 0.220 e. The van der Waals surface area contributed by atoms with Crippen LogP contribution in [0.25, 0.3) is 0 Å². The molecule has 0 N–H and O–H groups in total. The summed E-state index contributed by atoms with van der Waals surface area (Å²) in [6.07, 6.45) is 3.51. The molecule has 0 fully saturated rings. The standard InChI is InChI=1S/C24H42O5S8/c1-7-13-23(15-34-19(30)25-9-3,16-35-20(31)26-10-4)29-24(14-8-2,17-36-21(32)27-11-5)18-37-22(33)28-12-6/h7-18H2,1-6H3. The number of rotatable bonds is 18. The van der Waals surface area contributed by atoms with Gasteiger partial charge in [0.15, 0.2) is 0 Å². The molecular formula is C24H42O5S8. The highest BCUT2D eigenvalue weighted by molar-refractivity contribution is 8.24. The summed E-state index contributed by atoms with van der Waals surface area (Å²) in [7, 11) is 0. The van der Waals surface area contributed by atoms with Gasteiger partial charge in [-0.25, -0.2) is 0 Å². The average Bonchev–Trinajstić information content (AvgIpc) is 2.85. The minimum Gasteiger partial charge on any atom is -0.479 e. The van der Waals surface area contributed by atoms with Gasteiger partial charge in [-0.3, -0.25) is 0 Å². The Morgan fingerprint density at radius 2 is 0.730 bits per heavy atom. The van der Waals surface area contributed by atoms with Crippen molar-refractivity contribution in [2.24, 2.45) is 0 Å². The summed E-state index contributed by atoms with van der Waals surface area (Å²) in [5.41, 5.74) is -1.08. The number of thiocarbonyl (C=S) groups is 4. The molecule has 0 aromatic carbocycles. The first-order valence-electron chi connectivity index (χ1n) is 12.5. The Kier molecular flexibility index (Phi) is 23.2. The predicted molar refractivity (Wildman–Crippen MR) is 183 cm³/mol. The van der Waals surface area contributed by atoms with Crippen molar-refractivity contribution in [3.8, 4) is 0 Å². The molecule has 0 aliphatic carbocycles. The summed E-state index contributed by atoms with van der Waals surface area (Å²) >= 11 is 27.9. The number of hydrogen-bond acceptors (Lipinski definition) is 13. The lowest BCUT2D eigenvalue weighted by molar-refractivity contribution is -0.118. The van der Waals surface area contributed by atoms with Crippen LogP contribution in [0.1, 0.15) is 67.2 Å². The summed E-state index contributed by atoms with van der Waals surface area (Å²) in [6, 6.07) is 0. The van der Waals surface area contributed by atoms with Crippen LogP contribution < -0.4 is 0 Å². The fourth-order valence-electron chi connectivity index (χ4n) is 3.36. The van der Waals surface area contributed by atoms with Gasteiger partial charge in [0.05, 0.1) is 37.6 Å². The molecule has 0 saturated carbocycles. The Morgan fingerprint density at radius 3 is 0.919 bits per heavy atom. The Bertz CT molecular complexity index is 592. The van der Waals surface area contributed by atoms with Crippen molar-refractivity contribution in [2.75, 3.05) is 49.4 Å². The van der Waals surface area contributed by atoms with Gasteiger partial charge in [-0.05, 0) is 89.4 Å². The lowest BCUT2D eigenvalue weighted by Gasteiger charge is -2.44. The van der Waals surface area contributed by atoms with Crippen LogP contribution in [0.3, 0.4) is 0 Å². The van der Waals surface area contributed by atoms with E-state index in [4.69, 9.17) is 72.6 Å². The van der Waals surface area contributed by atoms with Crippen molar-refractivity contribution in [3.05, 3.63) is 0 Å². The van der Waals surface area contributed by atoms with Gasteiger partial charge in [0, 0.05) is 23.0 Å². The summed E-state index contributed by atoms with van der Waals surface area (Å²) < 4.78 is 31.6. The van der Waals surface area contributed by atoms with Crippen molar-refractivity contribution >= 4 is 113 Å². The summed E-state index contributed by atoms with van der Waals surface area (Å²) in [5, 5.41) is 0. The highest BCUT2D eigenvalue weighted by atomic mass is 32.2. The molecular weight excluding hydrogens is 625 g/mol. The van der Waals surface area contributed by atoms with Gasteiger partial charge in [0.2, 0.25) is 17.5 Å². The fourth-order valence-corrected chi connectivity index (χ4v) is 8.35. The Morgan fingerprint density at radius 1 is 0.486 bits per heavy atom. The zero-order valence-electron chi connectivity index (χ0n) is 22.8. The zero-order chi connectivity index (χ0) is 28.2. The third kappa shape index (κ3) is 17.4. The summed E-state index contributed by atoms with van der Waals surface area (Å²) in [4.78, 5) is 0. The van der Waals surface area contributed by atoms with E-state index in [0.717, 1.165) is 25.7 Å². The Labute approximate surface area is 263 Å². The third-order valence-corrected chi connectivity index (χ3v) is 10.7. The van der Waals surface area contributed by atoms with Crippen LogP contribution in [0.4, 0.5) is 0 Å². The molecule has 0 amide bonds. The SMILES string of the molecule is CCCC(CSC(=S)OCC)(CSC(=S)OCC)OC(CCC)(CSC(=S)OCC)CSC(=S)OCC. The lowest BCUT2D eigenvalue weighted by Crippen LogP contribution is -2.51. The minimum atomic E-state index is -0.539. The third-order valence-electron chi connectivity index (χ3n) is 4.71. The Balaban J connectivity index is 6.26. The lowest BCUT2D eigenvalue weighted by atomic mass is 9.97. The molecule has 0 rings (SSSR count). The first kappa shape index (κ1) is 37.9. The van der Waals surface area contributed by atoms with E-state index in [1.807, 2.05) is 27.7 Å². The van der Waals surface area contributed by atoms with E-state index in [0.29, 0.717) is 67.0 Å². The highest BCUT2D eigenvalue weighted by Gasteiger charge is 2.43. The molecule has 216 valence electrons. The van der Waals surface area contributed by atoms with Gasteiger partial charge >= 0.3 is 0 Å². The van der Waals surface area contributed by atoms with Crippen LogP contribution in [-0.2, 0) is 23.7 Å². The monoisotopic (exact) mass is 666 g/mol. The van der Waals surface area contributed by atoms with E-state index in [2.05, 4.69) is 13.8 Å². The molecule has 37 heavy (non-hydrogen) atoms. The van der Waals surface area contributed by atoms with Crippen LogP contribution in [-0.4, -0.2) is 78.2 Å². The van der Waals surface area contributed by atoms with Crippen LogP contribution >= 0.6 is 95.9 Å². The second-order valence-electron chi connectivity index (χ2n) is 7.85. The van der Waals surface area contributed by atoms with Crippen molar-refractivity contribution in [1.29, 1.82) is 0 Å². The van der Waals surface area contributed by atoms with Gasteiger partial charge in [-0.15, -0.1) is 0 Å². The van der Waals surface area contributed by atoms with Crippen LogP contribution in [0.2, 0.25) is 0 Å². The summed E-state index contributed by atoms with van der Waals surface area (Å²) in [6.45, 7) is 14.2. The molecule has 0 aliphatic heterocycles. The number of thioether (sulfide) groups is 4. The predicted octanol–water partition coefficient (Wildman–Crippen LogP) is 8.30. The summed E-state index contributed by atoms with van der Waals surface area (Å²) in [5.74, 6) is 2.53. The van der Waals surface area contributed by atoms with E-state index < -0.39 is 11.2 Å². The van der Waals surface area contributed by atoms with Crippen LogP contribution in [0.15, 0.2) is 0 Å². The van der Waals surface area contributed by atoms with Gasteiger partial charge in [-0.2, -0.15) is 0 Å². The zero-order valence-corrected chi connectivity index (χ0v) is 29.3. The van der Waals surface area contributed by atoms with Crippen LogP contribution in [0.5, 0.6) is 0 Å². The van der Waals surface area contributed by atoms with Crippen molar-refractivity contribution in [2.45, 2.75) is 78.4 Å². The molecule has 0 atom stereocenters. The van der Waals surface area contributed by atoms with Crippen molar-refractivity contribution in [1.82, 2.24) is 0 Å². The Hall–Kier alpha value is 0.920. The van der Waals surface area contributed by atoms with E-state index >= 15 is 0 Å². The van der Waals surface area contributed by atoms with E-state index in [1.165, 1.54) is 47.0 Å². The first-order valence-corrected chi connectivity index (χ1v) is 18.1. The molecule has 0 aromatic rings. The number of hydrogen-bond donors (Lipinski definition) is 0. The van der Waals surface area contributed by atoms with E-state index in [1.54, 1.807) is 0 Å². The fraction of sp³-hybridized carbons (Fsp3) is 0.833. The van der Waals surface area contributed by atoms with E-state index in [9.17, 15) is 0 Å². The second kappa shape index (κ2) is 22.6. The van der Waals surface area contributed by atoms with Gasteiger partial charge in [0.25, 0.3) is 0 Å². The molecule has 0 saturated heterocycles. The quantitative estimate of drug-likeness (QED) is 0.132. The molecule has 0 radical (unpaired) electrons. The molecule has 0 aromatic heterocycles. The minimum absolute atomic E-state index is 0.517. The molecule has 5 nitrogen and oxygen atoms in total. The van der Waals surface area contributed by atoms with Crippen molar-refractivity contribution < 1.29 is 23.7 Å². The highest BCUT2D eigenvalue weighted by Crippen LogP contribution is 2.39. The molecule has 0 bridgehead atoms. The van der Waals surface area contributed by atoms with E-state index in [-0.39, 0.29) is 0 Å². The molecule has 13 heteroatoms. The molecule has 0 spiro atoms. The maximum atomic E-state index is 7.28. The molecule has 0 unspecified atom stereocenters. The second-order valence-corrected chi connectivity index (χ2v) is 14.2. The number of ether oxygens (including phenoxy) is 5. The van der Waals surface area contributed by atoms with Crippen LogP contribution in [0, 0.1) is 0 Å². The van der Waals surface area contributed by atoms with Gasteiger partial charge in [-0.1, -0.05) is 73.7 Å². The first-order chi connectivity index (χ1) is 17.6. The van der Waals surface area contributed by atoms with Gasteiger partial charge in [0.1, 0.15) is 0 Å². The van der Waals surface area contributed by atoms with Gasteiger partial charge < -0.3 is 23.7 Å². The van der Waals surface area contributed by atoms with Crippen molar-refractivity contribution in [3.63, 3.8) is 0 Å². The molecule has 0 aliphatic rings. The average molecular weight is 667 g/mol. The topological polar surface area (TPSA) is 46.2 Å².